The van der Waals surface area contributed by atoms with Gasteiger partial charge in [0.05, 0.1) is 6.21 Å². The van der Waals surface area contributed by atoms with Gasteiger partial charge in [0.25, 0.3) is 5.91 Å². The molecule has 0 aromatic heterocycles. The van der Waals surface area contributed by atoms with Crippen molar-refractivity contribution in [1.82, 2.24) is 5.43 Å². The van der Waals surface area contributed by atoms with Gasteiger partial charge in [-0.25, -0.2) is 5.43 Å². The third-order valence-corrected chi connectivity index (χ3v) is 3.84. The zero-order valence-corrected chi connectivity index (χ0v) is 13.8. The van der Waals surface area contributed by atoms with Crippen LogP contribution in [0.3, 0.4) is 0 Å². The van der Waals surface area contributed by atoms with Crippen LogP contribution in [0, 0.1) is 0 Å². The molecule has 0 bridgehead atoms. The first-order valence-corrected chi connectivity index (χ1v) is 8.00. The number of rotatable bonds is 5. The normalized spacial score (nSPS) is 12.2. The van der Waals surface area contributed by atoms with Crippen molar-refractivity contribution in [3.05, 3.63) is 72.3 Å². The van der Waals surface area contributed by atoms with E-state index in [2.05, 4.69) is 15.8 Å². The first-order valence-electron chi connectivity index (χ1n) is 8.00. The number of carbonyl (C=O) groups is 1. The summed E-state index contributed by atoms with van der Waals surface area (Å²) >= 11 is 0. The number of anilines is 1. The molecule has 3 N–H and O–H groups in total. The third kappa shape index (κ3) is 4.14. The fourth-order valence-corrected chi connectivity index (χ4v) is 2.45. The Morgan fingerprint density at radius 2 is 1.76 bits per heavy atom. The first kappa shape index (κ1) is 16.5. The number of para-hydroxylation sites is 1. The van der Waals surface area contributed by atoms with E-state index in [9.17, 15) is 9.90 Å². The van der Waals surface area contributed by atoms with Crippen LogP contribution in [0.5, 0.6) is 5.75 Å². The van der Waals surface area contributed by atoms with Crippen molar-refractivity contribution in [3.63, 3.8) is 0 Å². The number of phenols is 1. The second kappa shape index (κ2) is 7.49. The summed E-state index contributed by atoms with van der Waals surface area (Å²) in [5, 5.41) is 19.0. The van der Waals surface area contributed by atoms with Crippen LogP contribution in [-0.4, -0.2) is 23.3 Å². The maximum absolute atomic E-state index is 12.1. The van der Waals surface area contributed by atoms with E-state index >= 15 is 0 Å². The van der Waals surface area contributed by atoms with E-state index in [0.29, 0.717) is 5.56 Å². The lowest BCUT2D eigenvalue weighted by atomic mass is 10.1. The van der Waals surface area contributed by atoms with Crippen molar-refractivity contribution in [3.8, 4) is 5.75 Å². The fourth-order valence-electron chi connectivity index (χ4n) is 2.45. The molecular weight excluding hydrogens is 314 g/mol. The summed E-state index contributed by atoms with van der Waals surface area (Å²) in [6.45, 7) is 1.76. The van der Waals surface area contributed by atoms with Gasteiger partial charge in [0.15, 0.2) is 0 Å². The van der Waals surface area contributed by atoms with Crippen molar-refractivity contribution in [1.29, 1.82) is 0 Å². The van der Waals surface area contributed by atoms with E-state index in [-0.39, 0.29) is 11.7 Å². The molecule has 3 aromatic rings. The molecule has 0 saturated heterocycles. The average molecular weight is 333 g/mol. The highest BCUT2D eigenvalue weighted by Crippen LogP contribution is 2.19. The van der Waals surface area contributed by atoms with Gasteiger partial charge in [-0.1, -0.05) is 42.5 Å². The van der Waals surface area contributed by atoms with E-state index in [1.54, 1.807) is 31.2 Å². The molecule has 1 atom stereocenters. The Morgan fingerprint density at radius 3 is 2.56 bits per heavy atom. The second-order valence-corrected chi connectivity index (χ2v) is 5.72. The molecule has 5 heteroatoms. The smallest absolute Gasteiger partial charge is 0.262 e. The summed E-state index contributed by atoms with van der Waals surface area (Å²) < 4.78 is 0. The molecule has 3 aromatic carbocycles. The minimum atomic E-state index is -0.456. The van der Waals surface area contributed by atoms with Crippen molar-refractivity contribution in [2.75, 3.05) is 5.32 Å². The van der Waals surface area contributed by atoms with Gasteiger partial charge in [-0.2, -0.15) is 5.10 Å². The Kier molecular flexibility index (Phi) is 4.95. The van der Waals surface area contributed by atoms with Crippen LogP contribution in [0.25, 0.3) is 10.8 Å². The number of aromatic hydroxyl groups is 1. The predicted octanol–water partition coefficient (Wildman–Crippen LogP) is 3.50. The van der Waals surface area contributed by atoms with E-state index in [0.717, 1.165) is 16.5 Å². The SMILES string of the molecule is C[C@@H](Nc1ccc2ccccc2c1)C(=O)N/N=C/c1ccccc1O. The molecule has 0 saturated carbocycles. The van der Waals surface area contributed by atoms with E-state index in [4.69, 9.17) is 0 Å². The molecule has 0 unspecified atom stereocenters. The largest absolute Gasteiger partial charge is 0.507 e. The molecule has 0 aliphatic heterocycles. The third-order valence-electron chi connectivity index (χ3n) is 3.84. The lowest BCUT2D eigenvalue weighted by Gasteiger charge is -2.14. The van der Waals surface area contributed by atoms with Crippen molar-refractivity contribution >= 4 is 28.6 Å². The molecule has 0 heterocycles. The number of amides is 1. The number of nitrogens with one attached hydrogen (secondary N) is 2. The highest BCUT2D eigenvalue weighted by atomic mass is 16.3. The van der Waals surface area contributed by atoms with Crippen LogP contribution in [0.1, 0.15) is 12.5 Å². The number of nitrogens with zero attached hydrogens (tertiary/aromatic N) is 1. The molecule has 5 nitrogen and oxygen atoms in total. The van der Waals surface area contributed by atoms with E-state index in [1.807, 2.05) is 42.5 Å². The molecule has 126 valence electrons. The number of carbonyl (C=O) groups excluding carboxylic acids is 1. The first-order chi connectivity index (χ1) is 12.1. The second-order valence-electron chi connectivity index (χ2n) is 5.72. The highest BCUT2D eigenvalue weighted by Gasteiger charge is 2.11. The fraction of sp³-hybridized carbons (Fsp3) is 0.100. The molecule has 1 amide bonds. The van der Waals surface area contributed by atoms with E-state index < -0.39 is 6.04 Å². The van der Waals surface area contributed by atoms with Gasteiger partial charge >= 0.3 is 0 Å². The highest BCUT2D eigenvalue weighted by molar-refractivity contribution is 5.89. The Bertz CT molecular complexity index is 921. The molecule has 0 aliphatic rings. The molecular formula is C20H19N3O2. The predicted molar refractivity (Wildman–Crippen MR) is 101 cm³/mol. The minimum absolute atomic E-state index is 0.114. The van der Waals surface area contributed by atoms with Crippen molar-refractivity contribution < 1.29 is 9.90 Å². The monoisotopic (exact) mass is 333 g/mol. The Balaban J connectivity index is 1.61. The number of phenolic OH excluding ortho intramolecular Hbond substituents is 1. The van der Waals surface area contributed by atoms with E-state index in [1.165, 1.54) is 6.21 Å². The lowest BCUT2D eigenvalue weighted by Crippen LogP contribution is -2.34. The van der Waals surface area contributed by atoms with Gasteiger partial charge in [0.2, 0.25) is 0 Å². The van der Waals surface area contributed by atoms with Crippen LogP contribution in [0.2, 0.25) is 0 Å². The quantitative estimate of drug-likeness (QED) is 0.494. The van der Waals surface area contributed by atoms with Gasteiger partial charge in [0, 0.05) is 11.3 Å². The van der Waals surface area contributed by atoms with Crippen LogP contribution < -0.4 is 10.7 Å². The summed E-state index contributed by atoms with van der Waals surface area (Å²) in [7, 11) is 0. The van der Waals surface area contributed by atoms with Gasteiger partial charge in [0.1, 0.15) is 11.8 Å². The molecule has 25 heavy (non-hydrogen) atoms. The maximum atomic E-state index is 12.1. The van der Waals surface area contributed by atoms with Gasteiger partial charge in [-0.15, -0.1) is 0 Å². The molecule has 3 rings (SSSR count). The topological polar surface area (TPSA) is 73.7 Å². The molecule has 0 fully saturated rings. The molecule has 0 aliphatic carbocycles. The van der Waals surface area contributed by atoms with Crippen LogP contribution in [0.4, 0.5) is 5.69 Å². The zero-order chi connectivity index (χ0) is 17.6. The Hall–Kier alpha value is -3.34. The summed E-state index contributed by atoms with van der Waals surface area (Å²) in [6, 6.07) is 20.3. The maximum Gasteiger partial charge on any atom is 0.262 e. The zero-order valence-electron chi connectivity index (χ0n) is 13.8. The van der Waals surface area contributed by atoms with Gasteiger partial charge < -0.3 is 10.4 Å². The molecule has 0 radical (unpaired) electrons. The summed E-state index contributed by atoms with van der Waals surface area (Å²) in [5.74, 6) is -0.150. The summed E-state index contributed by atoms with van der Waals surface area (Å²) in [4.78, 5) is 12.1. The minimum Gasteiger partial charge on any atom is -0.507 e. The lowest BCUT2D eigenvalue weighted by molar-refractivity contribution is -0.121. The van der Waals surface area contributed by atoms with Crippen LogP contribution >= 0.6 is 0 Å². The number of fused-ring (bicyclic) bond motifs is 1. The Labute approximate surface area is 146 Å². The summed E-state index contributed by atoms with van der Waals surface area (Å²) in [5.41, 5.74) is 3.88. The Morgan fingerprint density at radius 1 is 1.04 bits per heavy atom. The number of hydrazone groups is 1. The van der Waals surface area contributed by atoms with Crippen LogP contribution in [0.15, 0.2) is 71.8 Å². The van der Waals surface area contributed by atoms with Crippen molar-refractivity contribution in [2.24, 2.45) is 5.10 Å². The summed E-state index contributed by atoms with van der Waals surface area (Å²) in [6.07, 6.45) is 1.41. The average Bonchev–Trinajstić information content (AvgIpc) is 2.63. The number of hydrogen-bond acceptors (Lipinski definition) is 4. The number of benzene rings is 3. The van der Waals surface area contributed by atoms with Gasteiger partial charge in [-0.3, -0.25) is 4.79 Å². The van der Waals surface area contributed by atoms with Crippen molar-refractivity contribution in [2.45, 2.75) is 13.0 Å². The molecule has 0 spiro atoms. The van der Waals surface area contributed by atoms with Gasteiger partial charge in [-0.05, 0) is 42.0 Å². The van der Waals surface area contributed by atoms with Crippen LogP contribution in [-0.2, 0) is 4.79 Å². The standard InChI is InChI=1S/C20H19N3O2/c1-14(20(25)23-21-13-17-8-4-5-9-19(17)24)22-18-11-10-15-6-2-3-7-16(15)12-18/h2-14,22,24H,1H3,(H,23,25)/b21-13+/t14-/m1/s1. The number of hydrogen-bond donors (Lipinski definition) is 3.